The van der Waals surface area contributed by atoms with E-state index in [2.05, 4.69) is 4.72 Å². The second kappa shape index (κ2) is 5.32. The molecule has 0 amide bonds. The smallest absolute Gasteiger partial charge is 0.0972 e. The zero-order chi connectivity index (χ0) is 8.85. The maximum absolute atomic E-state index is 11.0. The molecule has 0 aliphatic carbocycles. The van der Waals surface area contributed by atoms with Crippen molar-refractivity contribution >= 4 is 11.0 Å². The Morgan fingerprint density at radius 1 is 1.64 bits per heavy atom. The topological polar surface area (TPSA) is 32.3 Å². The molecule has 1 N–H and O–H groups in total. The van der Waals surface area contributed by atoms with E-state index in [1.54, 1.807) is 7.05 Å². The van der Waals surface area contributed by atoms with Gasteiger partial charge in [0.05, 0.1) is 16.7 Å². The number of nitrogens with one attached hydrogen (secondary N) is 1. The minimum Gasteiger partial charge on any atom is -0.380 e. The lowest BCUT2D eigenvalue weighted by Gasteiger charge is -2.15. The number of rotatable bonds is 4. The van der Waals surface area contributed by atoms with Crippen LogP contribution < -0.4 is 4.72 Å². The first-order valence-corrected chi connectivity index (χ1v) is 4.82. The third-order valence-electron chi connectivity index (χ3n) is 1.41. The highest BCUT2D eigenvalue weighted by Crippen LogP contribution is 1.98. The van der Waals surface area contributed by atoms with Crippen LogP contribution in [0.5, 0.6) is 0 Å². The minimum atomic E-state index is -0.937. The standard InChI is InChI=1S/C7H16N2OS/c1-5-7(9(3)4)6-11(10)8-2/h5,8H,6H2,1-4H3/b7-5+. The quantitative estimate of drug-likeness (QED) is 0.669. The Hall–Kier alpha value is -0.350. The molecule has 0 saturated heterocycles. The van der Waals surface area contributed by atoms with Crippen molar-refractivity contribution in [2.75, 3.05) is 26.9 Å². The summed E-state index contributed by atoms with van der Waals surface area (Å²) in [4.78, 5) is 1.97. The molecule has 0 radical (unpaired) electrons. The highest BCUT2D eigenvalue weighted by molar-refractivity contribution is 7.83. The molecule has 4 heteroatoms. The fourth-order valence-electron chi connectivity index (χ4n) is 0.677. The van der Waals surface area contributed by atoms with Crippen LogP contribution in [0.25, 0.3) is 0 Å². The Bertz CT molecular complexity index is 166. The van der Waals surface area contributed by atoms with Gasteiger partial charge in [0.2, 0.25) is 0 Å². The fraction of sp³-hybridized carbons (Fsp3) is 0.714. The molecule has 0 heterocycles. The largest absolute Gasteiger partial charge is 0.380 e. The minimum absolute atomic E-state index is 0.569. The maximum Gasteiger partial charge on any atom is 0.0972 e. The average molecular weight is 176 g/mol. The maximum atomic E-state index is 11.0. The summed E-state index contributed by atoms with van der Waals surface area (Å²) >= 11 is 0. The molecule has 3 nitrogen and oxygen atoms in total. The lowest BCUT2D eigenvalue weighted by Crippen LogP contribution is -2.22. The Morgan fingerprint density at radius 2 is 2.18 bits per heavy atom. The van der Waals surface area contributed by atoms with Gasteiger partial charge in [-0.1, -0.05) is 6.08 Å². The molecular formula is C7H16N2OS. The van der Waals surface area contributed by atoms with Gasteiger partial charge in [-0.25, -0.2) is 8.93 Å². The van der Waals surface area contributed by atoms with Gasteiger partial charge < -0.3 is 4.90 Å². The number of nitrogens with zero attached hydrogens (tertiary/aromatic N) is 1. The van der Waals surface area contributed by atoms with E-state index in [-0.39, 0.29) is 0 Å². The Morgan fingerprint density at radius 3 is 2.45 bits per heavy atom. The highest BCUT2D eigenvalue weighted by atomic mass is 32.2. The van der Waals surface area contributed by atoms with E-state index in [1.807, 2.05) is 32.0 Å². The van der Waals surface area contributed by atoms with Crippen molar-refractivity contribution in [3.63, 3.8) is 0 Å². The van der Waals surface area contributed by atoms with E-state index >= 15 is 0 Å². The molecule has 0 saturated carbocycles. The molecule has 0 aliphatic heterocycles. The van der Waals surface area contributed by atoms with Crippen LogP contribution in [0.3, 0.4) is 0 Å². The van der Waals surface area contributed by atoms with Crippen molar-refractivity contribution in [1.82, 2.24) is 9.62 Å². The molecule has 0 aromatic carbocycles. The van der Waals surface area contributed by atoms with Gasteiger partial charge in [-0.3, -0.25) is 0 Å². The second-order valence-electron chi connectivity index (χ2n) is 2.37. The van der Waals surface area contributed by atoms with Crippen LogP contribution in [-0.4, -0.2) is 36.0 Å². The molecule has 0 aliphatic rings. The lowest BCUT2D eigenvalue weighted by atomic mass is 10.4. The Kier molecular flexibility index (Phi) is 5.15. The molecule has 0 bridgehead atoms. The lowest BCUT2D eigenvalue weighted by molar-refractivity contribution is 0.513. The summed E-state index contributed by atoms with van der Waals surface area (Å²) in [6.45, 7) is 1.95. The van der Waals surface area contributed by atoms with Gasteiger partial charge in [-0.05, 0) is 14.0 Å². The van der Waals surface area contributed by atoms with Crippen LogP contribution >= 0.6 is 0 Å². The monoisotopic (exact) mass is 176 g/mol. The molecule has 0 spiro atoms. The summed E-state index contributed by atoms with van der Waals surface area (Å²) in [5.41, 5.74) is 1.08. The Balaban J connectivity index is 4.00. The number of allylic oxidation sites excluding steroid dienone is 1. The Labute approximate surface area is 71.1 Å². The van der Waals surface area contributed by atoms with Crippen LogP contribution in [0.2, 0.25) is 0 Å². The van der Waals surface area contributed by atoms with Crippen molar-refractivity contribution < 1.29 is 4.21 Å². The summed E-state index contributed by atoms with van der Waals surface area (Å²) in [5, 5.41) is 0. The zero-order valence-electron chi connectivity index (χ0n) is 7.55. The molecule has 0 fully saturated rings. The van der Waals surface area contributed by atoms with Gasteiger partial charge in [0.25, 0.3) is 0 Å². The molecule has 1 atom stereocenters. The second-order valence-corrected chi connectivity index (χ2v) is 3.76. The van der Waals surface area contributed by atoms with Gasteiger partial charge in [0.15, 0.2) is 0 Å². The van der Waals surface area contributed by atoms with Gasteiger partial charge in [-0.2, -0.15) is 0 Å². The van der Waals surface area contributed by atoms with Crippen molar-refractivity contribution in [1.29, 1.82) is 0 Å². The summed E-state index contributed by atoms with van der Waals surface area (Å²) in [6, 6.07) is 0. The van der Waals surface area contributed by atoms with Crippen molar-refractivity contribution in [2.24, 2.45) is 0 Å². The molecule has 11 heavy (non-hydrogen) atoms. The van der Waals surface area contributed by atoms with Crippen molar-refractivity contribution in [3.05, 3.63) is 11.8 Å². The van der Waals surface area contributed by atoms with Crippen LogP contribution in [0.1, 0.15) is 6.92 Å². The van der Waals surface area contributed by atoms with E-state index in [0.29, 0.717) is 5.75 Å². The average Bonchev–Trinajstić information content (AvgIpc) is 1.99. The highest BCUT2D eigenvalue weighted by Gasteiger charge is 2.02. The third-order valence-corrected chi connectivity index (χ3v) is 2.43. The number of hydrogen-bond acceptors (Lipinski definition) is 2. The van der Waals surface area contributed by atoms with E-state index in [4.69, 9.17) is 0 Å². The molecule has 66 valence electrons. The van der Waals surface area contributed by atoms with E-state index < -0.39 is 11.0 Å². The predicted octanol–water partition coefficient (Wildman–Crippen LogP) is 0.335. The van der Waals surface area contributed by atoms with E-state index in [1.165, 1.54) is 0 Å². The molecule has 0 aromatic heterocycles. The van der Waals surface area contributed by atoms with Crippen LogP contribution in [0.15, 0.2) is 11.8 Å². The third kappa shape index (κ3) is 4.16. The summed E-state index contributed by atoms with van der Waals surface area (Å²) in [6.07, 6.45) is 1.97. The SMILES string of the molecule is C/C=C(\CS(=O)NC)N(C)C. The first-order chi connectivity index (χ1) is 5.11. The van der Waals surface area contributed by atoms with Crippen molar-refractivity contribution in [3.8, 4) is 0 Å². The van der Waals surface area contributed by atoms with Gasteiger partial charge in [0, 0.05) is 19.8 Å². The molecule has 0 rings (SSSR count). The first kappa shape index (κ1) is 10.7. The number of hydrogen-bond donors (Lipinski definition) is 1. The predicted molar refractivity (Wildman–Crippen MR) is 49.5 cm³/mol. The summed E-state index contributed by atoms with van der Waals surface area (Å²) < 4.78 is 13.7. The van der Waals surface area contributed by atoms with Gasteiger partial charge >= 0.3 is 0 Å². The normalized spacial score (nSPS) is 14.7. The van der Waals surface area contributed by atoms with E-state index in [0.717, 1.165) is 5.70 Å². The molecule has 1 unspecified atom stereocenters. The molecular weight excluding hydrogens is 160 g/mol. The fourth-order valence-corrected chi connectivity index (χ4v) is 1.51. The van der Waals surface area contributed by atoms with Crippen LogP contribution in [-0.2, 0) is 11.0 Å². The van der Waals surface area contributed by atoms with E-state index in [9.17, 15) is 4.21 Å². The van der Waals surface area contributed by atoms with Gasteiger partial charge in [-0.15, -0.1) is 0 Å². The van der Waals surface area contributed by atoms with Crippen LogP contribution in [0.4, 0.5) is 0 Å². The van der Waals surface area contributed by atoms with Gasteiger partial charge in [0.1, 0.15) is 0 Å². The molecule has 0 aromatic rings. The first-order valence-electron chi connectivity index (χ1n) is 3.50. The zero-order valence-corrected chi connectivity index (χ0v) is 8.36. The summed E-state index contributed by atoms with van der Waals surface area (Å²) in [7, 11) is 4.65. The summed E-state index contributed by atoms with van der Waals surface area (Å²) in [5.74, 6) is 0.569. The van der Waals surface area contributed by atoms with Crippen LogP contribution in [0, 0.1) is 0 Å². The van der Waals surface area contributed by atoms with Crippen molar-refractivity contribution in [2.45, 2.75) is 6.92 Å².